The first kappa shape index (κ1) is 24.7. The molecular formula is C20H22ClF3N4O2S. The van der Waals surface area contributed by atoms with Crippen LogP contribution in [0.5, 0.6) is 5.75 Å². The molecule has 0 aliphatic rings. The van der Waals surface area contributed by atoms with Crippen molar-refractivity contribution < 1.29 is 22.7 Å². The number of thiazole rings is 1. The molecule has 0 fully saturated rings. The van der Waals surface area contributed by atoms with Crippen LogP contribution in [0.3, 0.4) is 0 Å². The second-order valence-electron chi connectivity index (χ2n) is 6.93. The quantitative estimate of drug-likeness (QED) is 0.510. The molecular weight excluding hydrogens is 453 g/mol. The SMILES string of the molecule is Cc1cccc(NC(=O)N(CCN(C)C)c2nc3ccc(OC(F)(F)F)cc3s2)c1.Cl. The van der Waals surface area contributed by atoms with Crippen LogP contribution >= 0.6 is 23.7 Å². The Labute approximate surface area is 188 Å². The van der Waals surface area contributed by atoms with Crippen molar-refractivity contribution >= 4 is 50.8 Å². The minimum atomic E-state index is -4.77. The summed E-state index contributed by atoms with van der Waals surface area (Å²) in [6.07, 6.45) is -4.77. The van der Waals surface area contributed by atoms with Gasteiger partial charge in [-0.1, -0.05) is 23.5 Å². The molecule has 168 valence electrons. The molecule has 11 heteroatoms. The van der Waals surface area contributed by atoms with Gasteiger partial charge in [-0.2, -0.15) is 0 Å². The number of benzene rings is 2. The lowest BCUT2D eigenvalue weighted by Crippen LogP contribution is -2.39. The molecule has 31 heavy (non-hydrogen) atoms. The summed E-state index contributed by atoms with van der Waals surface area (Å²) in [4.78, 5) is 20.8. The summed E-state index contributed by atoms with van der Waals surface area (Å²) < 4.78 is 41.9. The molecule has 0 unspecified atom stereocenters. The van der Waals surface area contributed by atoms with Gasteiger partial charge in [0.2, 0.25) is 0 Å². The average molecular weight is 475 g/mol. The zero-order valence-corrected chi connectivity index (χ0v) is 18.7. The van der Waals surface area contributed by atoms with E-state index in [1.807, 2.05) is 44.1 Å². The van der Waals surface area contributed by atoms with Crippen molar-refractivity contribution in [2.45, 2.75) is 13.3 Å². The van der Waals surface area contributed by atoms with Gasteiger partial charge in [-0.05, 0) is 50.8 Å². The van der Waals surface area contributed by atoms with E-state index >= 15 is 0 Å². The second-order valence-corrected chi connectivity index (χ2v) is 7.94. The van der Waals surface area contributed by atoms with Crippen LogP contribution in [0.15, 0.2) is 42.5 Å². The summed E-state index contributed by atoms with van der Waals surface area (Å²) >= 11 is 1.13. The highest BCUT2D eigenvalue weighted by Gasteiger charge is 2.31. The van der Waals surface area contributed by atoms with E-state index in [-0.39, 0.29) is 24.2 Å². The smallest absolute Gasteiger partial charge is 0.406 e. The van der Waals surface area contributed by atoms with Crippen LogP contribution in [0.1, 0.15) is 5.56 Å². The van der Waals surface area contributed by atoms with Crippen molar-refractivity contribution in [3.05, 3.63) is 48.0 Å². The number of fused-ring (bicyclic) bond motifs is 1. The van der Waals surface area contributed by atoms with Crippen molar-refractivity contribution in [3.63, 3.8) is 0 Å². The lowest BCUT2D eigenvalue weighted by molar-refractivity contribution is -0.274. The lowest BCUT2D eigenvalue weighted by Gasteiger charge is -2.22. The number of aromatic nitrogens is 1. The van der Waals surface area contributed by atoms with Gasteiger partial charge in [-0.3, -0.25) is 4.90 Å². The maximum Gasteiger partial charge on any atom is 0.573 e. The third kappa shape index (κ3) is 6.98. The third-order valence-electron chi connectivity index (χ3n) is 4.10. The predicted octanol–water partition coefficient (Wildman–Crippen LogP) is 5.53. The Balaban J connectivity index is 0.00000341. The Morgan fingerprint density at radius 3 is 2.55 bits per heavy atom. The number of nitrogens with one attached hydrogen (secondary N) is 1. The van der Waals surface area contributed by atoms with Gasteiger partial charge in [-0.25, -0.2) is 9.78 Å². The van der Waals surface area contributed by atoms with Crippen molar-refractivity contribution in [1.82, 2.24) is 9.88 Å². The summed E-state index contributed by atoms with van der Waals surface area (Å²) in [5.74, 6) is -0.325. The van der Waals surface area contributed by atoms with Gasteiger partial charge < -0.3 is 15.0 Å². The van der Waals surface area contributed by atoms with E-state index in [0.717, 1.165) is 16.9 Å². The van der Waals surface area contributed by atoms with E-state index < -0.39 is 6.36 Å². The number of hydrogen-bond donors (Lipinski definition) is 1. The monoisotopic (exact) mass is 474 g/mol. The molecule has 6 nitrogen and oxygen atoms in total. The van der Waals surface area contributed by atoms with Crippen LogP contribution in [0.25, 0.3) is 10.2 Å². The van der Waals surface area contributed by atoms with E-state index in [4.69, 9.17) is 0 Å². The summed E-state index contributed by atoms with van der Waals surface area (Å²) in [5.41, 5.74) is 2.14. The molecule has 1 N–H and O–H groups in total. The topological polar surface area (TPSA) is 57.7 Å². The molecule has 0 saturated carbocycles. The summed E-state index contributed by atoms with van der Waals surface area (Å²) in [6.45, 7) is 2.86. The number of hydrogen-bond acceptors (Lipinski definition) is 5. The molecule has 0 saturated heterocycles. The molecule has 3 aromatic rings. The molecule has 1 heterocycles. The molecule has 2 amide bonds. The zero-order chi connectivity index (χ0) is 21.9. The van der Waals surface area contributed by atoms with Crippen LogP contribution in [0.2, 0.25) is 0 Å². The molecule has 2 aromatic carbocycles. The maximum absolute atomic E-state index is 13.0. The number of likely N-dealkylation sites (N-methyl/N-ethyl adjacent to an activating group) is 1. The summed E-state index contributed by atoms with van der Waals surface area (Å²) in [7, 11) is 3.77. The first-order valence-electron chi connectivity index (χ1n) is 9.07. The fourth-order valence-corrected chi connectivity index (χ4v) is 3.72. The van der Waals surface area contributed by atoms with Gasteiger partial charge in [0.1, 0.15) is 5.75 Å². The predicted molar refractivity (Wildman–Crippen MR) is 120 cm³/mol. The van der Waals surface area contributed by atoms with Crippen molar-refractivity contribution in [2.75, 3.05) is 37.4 Å². The summed E-state index contributed by atoms with van der Waals surface area (Å²) in [5, 5.41) is 3.24. The molecule has 1 aromatic heterocycles. The number of carbonyl (C=O) groups is 1. The fourth-order valence-electron chi connectivity index (χ4n) is 2.70. The minimum Gasteiger partial charge on any atom is -0.406 e. The van der Waals surface area contributed by atoms with E-state index in [1.165, 1.54) is 23.1 Å². The number of nitrogens with zero attached hydrogens (tertiary/aromatic N) is 3. The molecule has 0 bridgehead atoms. The van der Waals surface area contributed by atoms with Crippen LogP contribution in [-0.4, -0.2) is 49.5 Å². The third-order valence-corrected chi connectivity index (χ3v) is 5.14. The Morgan fingerprint density at radius 2 is 1.90 bits per heavy atom. The van der Waals surface area contributed by atoms with Gasteiger partial charge in [0.05, 0.1) is 10.2 Å². The van der Waals surface area contributed by atoms with Crippen molar-refractivity contribution in [2.24, 2.45) is 0 Å². The number of ether oxygens (including phenoxy) is 1. The average Bonchev–Trinajstić information content (AvgIpc) is 3.03. The van der Waals surface area contributed by atoms with E-state index in [1.54, 1.807) is 6.07 Å². The fraction of sp³-hybridized carbons (Fsp3) is 0.300. The van der Waals surface area contributed by atoms with Gasteiger partial charge in [-0.15, -0.1) is 25.6 Å². The normalized spacial score (nSPS) is 11.3. The Kier molecular flexibility index (Phi) is 8.10. The number of amides is 2. The second kappa shape index (κ2) is 10.2. The molecule has 0 aliphatic carbocycles. The number of aryl methyl sites for hydroxylation is 1. The molecule has 3 rings (SSSR count). The lowest BCUT2D eigenvalue weighted by atomic mass is 10.2. The Bertz CT molecular complexity index is 1040. The van der Waals surface area contributed by atoms with Crippen LogP contribution in [-0.2, 0) is 0 Å². The van der Waals surface area contributed by atoms with Crippen LogP contribution < -0.4 is 15.0 Å². The van der Waals surface area contributed by atoms with Crippen molar-refractivity contribution in [1.29, 1.82) is 0 Å². The van der Waals surface area contributed by atoms with Crippen LogP contribution in [0, 0.1) is 6.92 Å². The summed E-state index contributed by atoms with van der Waals surface area (Å²) in [6, 6.07) is 11.0. The number of halogens is 4. The van der Waals surface area contributed by atoms with Crippen LogP contribution in [0.4, 0.5) is 28.8 Å². The standard InChI is InChI=1S/C20H21F3N4O2S.ClH/c1-13-5-4-6-14(11-13)24-18(28)27(10-9-26(2)3)19-25-16-8-7-15(12-17(16)30-19)29-20(21,22)23;/h4-8,11-12H,9-10H2,1-3H3,(H,24,28);1H. The Morgan fingerprint density at radius 1 is 1.16 bits per heavy atom. The van der Waals surface area contributed by atoms with Gasteiger partial charge in [0.25, 0.3) is 0 Å². The number of alkyl halides is 3. The largest absolute Gasteiger partial charge is 0.573 e. The number of urea groups is 1. The van der Waals surface area contributed by atoms with Gasteiger partial charge >= 0.3 is 12.4 Å². The van der Waals surface area contributed by atoms with E-state index in [2.05, 4.69) is 15.0 Å². The van der Waals surface area contributed by atoms with E-state index in [9.17, 15) is 18.0 Å². The first-order valence-corrected chi connectivity index (χ1v) is 9.88. The molecule has 0 atom stereocenters. The zero-order valence-electron chi connectivity index (χ0n) is 17.1. The molecule has 0 radical (unpaired) electrons. The van der Waals surface area contributed by atoms with E-state index in [0.29, 0.717) is 34.1 Å². The minimum absolute atomic E-state index is 0. The Hall–Kier alpha value is -2.56. The van der Waals surface area contributed by atoms with Crippen molar-refractivity contribution in [3.8, 4) is 5.75 Å². The van der Waals surface area contributed by atoms with Gasteiger partial charge in [0, 0.05) is 24.8 Å². The highest BCUT2D eigenvalue weighted by atomic mass is 35.5. The first-order chi connectivity index (χ1) is 14.1. The maximum atomic E-state index is 13.0. The highest BCUT2D eigenvalue weighted by molar-refractivity contribution is 7.22. The number of rotatable bonds is 6. The number of anilines is 2. The molecule has 0 aliphatic heterocycles. The van der Waals surface area contributed by atoms with Gasteiger partial charge in [0.15, 0.2) is 5.13 Å². The number of carbonyl (C=O) groups excluding carboxylic acids is 1. The highest BCUT2D eigenvalue weighted by Crippen LogP contribution is 2.33. The molecule has 0 spiro atoms.